The van der Waals surface area contributed by atoms with E-state index in [4.69, 9.17) is 0 Å². The maximum Gasteiger partial charge on any atom is 0.163 e. The third kappa shape index (κ3) is 1.52. The summed E-state index contributed by atoms with van der Waals surface area (Å²) < 4.78 is 1.78. The molecule has 4 heteroatoms. The molecule has 0 saturated heterocycles. The molecule has 0 fully saturated rings. The number of nitrogens with zero attached hydrogens (tertiary/aromatic N) is 3. The summed E-state index contributed by atoms with van der Waals surface area (Å²) in [5.41, 5.74) is 3.23. The first kappa shape index (κ1) is 9.27. The Labute approximate surface area is 92.9 Å². The van der Waals surface area contributed by atoms with E-state index in [2.05, 4.69) is 16.1 Å². The molecule has 0 atom stereocenters. The van der Waals surface area contributed by atoms with Crippen LogP contribution in [0.2, 0.25) is 0 Å². The highest BCUT2D eigenvalue weighted by molar-refractivity contribution is 6.00. The molecular formula is C12H11N3O. The number of Topliss-reactive ketones (excluding diaryl/α,β-unsaturated/α-hetero) is 1. The number of aryl methyl sites for hydroxylation is 1. The van der Waals surface area contributed by atoms with E-state index in [1.807, 2.05) is 12.1 Å². The maximum atomic E-state index is 11.5. The topological polar surface area (TPSA) is 47.8 Å². The number of rotatable bonds is 2. The van der Waals surface area contributed by atoms with Gasteiger partial charge in [0.1, 0.15) is 12.7 Å². The van der Waals surface area contributed by atoms with Gasteiger partial charge in [-0.05, 0) is 17.5 Å². The van der Waals surface area contributed by atoms with Gasteiger partial charge in [0.15, 0.2) is 5.78 Å². The van der Waals surface area contributed by atoms with E-state index in [1.54, 1.807) is 11.0 Å². The van der Waals surface area contributed by atoms with E-state index in [0.717, 1.165) is 12.0 Å². The minimum absolute atomic E-state index is 0.266. The molecule has 2 aromatic rings. The van der Waals surface area contributed by atoms with Gasteiger partial charge in [-0.15, -0.1) is 0 Å². The predicted molar refractivity (Wildman–Crippen MR) is 58.2 cm³/mol. The zero-order valence-corrected chi connectivity index (χ0v) is 8.76. The molecule has 1 heterocycles. The molecule has 1 aromatic heterocycles. The van der Waals surface area contributed by atoms with Crippen LogP contribution in [0, 0.1) is 0 Å². The fraction of sp³-hybridized carbons (Fsp3) is 0.250. The Morgan fingerprint density at radius 1 is 1.31 bits per heavy atom. The molecule has 3 rings (SSSR count). The first-order chi connectivity index (χ1) is 7.83. The van der Waals surface area contributed by atoms with Crippen LogP contribution in [0.3, 0.4) is 0 Å². The lowest BCUT2D eigenvalue weighted by molar-refractivity contribution is 0.0994. The Morgan fingerprint density at radius 2 is 2.25 bits per heavy atom. The molecular weight excluding hydrogens is 202 g/mol. The average molecular weight is 213 g/mol. The second-order valence-corrected chi connectivity index (χ2v) is 4.01. The Morgan fingerprint density at radius 3 is 3.06 bits per heavy atom. The quantitative estimate of drug-likeness (QED) is 0.758. The van der Waals surface area contributed by atoms with E-state index in [-0.39, 0.29) is 5.78 Å². The Bertz CT molecular complexity index is 531. The Balaban J connectivity index is 1.90. The fourth-order valence-electron chi connectivity index (χ4n) is 2.11. The van der Waals surface area contributed by atoms with Crippen LogP contribution in [0.15, 0.2) is 30.9 Å². The number of hydrogen-bond acceptors (Lipinski definition) is 3. The largest absolute Gasteiger partial charge is 0.294 e. The summed E-state index contributed by atoms with van der Waals surface area (Å²) in [5, 5.41) is 4.06. The van der Waals surface area contributed by atoms with Gasteiger partial charge < -0.3 is 0 Å². The average Bonchev–Trinajstić information content (AvgIpc) is 2.90. The summed E-state index contributed by atoms with van der Waals surface area (Å²) in [4.78, 5) is 15.4. The molecule has 0 saturated carbocycles. The van der Waals surface area contributed by atoms with Gasteiger partial charge in [-0.25, -0.2) is 9.67 Å². The summed E-state index contributed by atoms with van der Waals surface area (Å²) in [5.74, 6) is 0.266. The molecule has 0 bridgehead atoms. The minimum Gasteiger partial charge on any atom is -0.294 e. The van der Waals surface area contributed by atoms with Gasteiger partial charge in [-0.1, -0.05) is 18.2 Å². The van der Waals surface area contributed by atoms with Gasteiger partial charge in [0, 0.05) is 12.0 Å². The summed E-state index contributed by atoms with van der Waals surface area (Å²) >= 11 is 0. The zero-order chi connectivity index (χ0) is 11.0. The first-order valence-corrected chi connectivity index (χ1v) is 5.30. The van der Waals surface area contributed by atoms with Crippen molar-refractivity contribution < 1.29 is 4.79 Å². The number of fused-ring (bicyclic) bond motifs is 1. The molecule has 0 amide bonds. The van der Waals surface area contributed by atoms with Crippen molar-refractivity contribution in [1.82, 2.24) is 14.8 Å². The van der Waals surface area contributed by atoms with Gasteiger partial charge in [-0.3, -0.25) is 4.79 Å². The second kappa shape index (κ2) is 3.56. The van der Waals surface area contributed by atoms with Gasteiger partial charge in [0.05, 0.1) is 6.54 Å². The van der Waals surface area contributed by atoms with E-state index in [9.17, 15) is 4.79 Å². The van der Waals surface area contributed by atoms with Crippen molar-refractivity contribution in [3.05, 3.63) is 47.5 Å². The second-order valence-electron chi connectivity index (χ2n) is 4.01. The Hall–Kier alpha value is -1.97. The lowest BCUT2D eigenvalue weighted by atomic mass is 10.1. The van der Waals surface area contributed by atoms with E-state index in [0.29, 0.717) is 13.0 Å². The first-order valence-electron chi connectivity index (χ1n) is 5.30. The third-order valence-electron chi connectivity index (χ3n) is 2.90. The standard InChI is InChI=1S/C12H11N3O/c16-12-4-2-10-5-9(1-3-11(10)12)6-15-8-13-7-14-15/h1,3,5,7-8H,2,4,6H2. The highest BCUT2D eigenvalue weighted by atomic mass is 16.1. The number of carbonyl (C=O) groups is 1. The molecule has 1 aromatic carbocycles. The molecule has 0 N–H and O–H groups in total. The minimum atomic E-state index is 0.266. The lowest BCUT2D eigenvalue weighted by Gasteiger charge is -2.03. The van der Waals surface area contributed by atoms with Crippen LogP contribution < -0.4 is 0 Å². The van der Waals surface area contributed by atoms with Gasteiger partial charge in [-0.2, -0.15) is 5.10 Å². The van der Waals surface area contributed by atoms with Crippen molar-refractivity contribution >= 4 is 5.78 Å². The van der Waals surface area contributed by atoms with Crippen molar-refractivity contribution in [2.45, 2.75) is 19.4 Å². The number of carbonyl (C=O) groups excluding carboxylic acids is 1. The van der Waals surface area contributed by atoms with Crippen LogP contribution in [0.25, 0.3) is 0 Å². The van der Waals surface area contributed by atoms with E-state index >= 15 is 0 Å². The predicted octanol–water partition coefficient (Wildman–Crippen LogP) is 1.46. The molecule has 0 radical (unpaired) electrons. The number of hydrogen-bond donors (Lipinski definition) is 0. The molecule has 4 nitrogen and oxygen atoms in total. The van der Waals surface area contributed by atoms with Crippen LogP contribution in [-0.4, -0.2) is 20.5 Å². The fourth-order valence-corrected chi connectivity index (χ4v) is 2.11. The number of aromatic nitrogens is 3. The summed E-state index contributed by atoms with van der Waals surface area (Å²) in [6, 6.07) is 6.02. The van der Waals surface area contributed by atoms with Gasteiger partial charge >= 0.3 is 0 Å². The van der Waals surface area contributed by atoms with Gasteiger partial charge in [0.2, 0.25) is 0 Å². The zero-order valence-electron chi connectivity index (χ0n) is 8.76. The van der Waals surface area contributed by atoms with Crippen LogP contribution >= 0.6 is 0 Å². The van der Waals surface area contributed by atoms with E-state index < -0.39 is 0 Å². The molecule has 1 aliphatic carbocycles. The van der Waals surface area contributed by atoms with Crippen LogP contribution in [0.4, 0.5) is 0 Å². The van der Waals surface area contributed by atoms with Crippen molar-refractivity contribution in [1.29, 1.82) is 0 Å². The highest BCUT2D eigenvalue weighted by Gasteiger charge is 2.19. The summed E-state index contributed by atoms with van der Waals surface area (Å²) in [7, 11) is 0. The van der Waals surface area contributed by atoms with Crippen LogP contribution in [0.5, 0.6) is 0 Å². The van der Waals surface area contributed by atoms with Gasteiger partial charge in [0.25, 0.3) is 0 Å². The number of ketones is 1. The van der Waals surface area contributed by atoms with E-state index in [1.165, 1.54) is 17.5 Å². The molecule has 0 aliphatic heterocycles. The summed E-state index contributed by atoms with van der Waals surface area (Å²) in [6.07, 6.45) is 4.75. The van der Waals surface area contributed by atoms with Crippen LogP contribution in [-0.2, 0) is 13.0 Å². The summed E-state index contributed by atoms with van der Waals surface area (Å²) in [6.45, 7) is 0.710. The monoisotopic (exact) mass is 213 g/mol. The van der Waals surface area contributed by atoms with Crippen LogP contribution in [0.1, 0.15) is 27.9 Å². The van der Waals surface area contributed by atoms with Crippen molar-refractivity contribution in [3.8, 4) is 0 Å². The van der Waals surface area contributed by atoms with Crippen molar-refractivity contribution in [3.63, 3.8) is 0 Å². The molecule has 80 valence electrons. The molecule has 0 unspecified atom stereocenters. The van der Waals surface area contributed by atoms with Crippen molar-refractivity contribution in [2.75, 3.05) is 0 Å². The SMILES string of the molecule is O=C1CCc2cc(Cn3cncn3)ccc21. The maximum absolute atomic E-state index is 11.5. The molecule has 0 spiro atoms. The number of benzene rings is 1. The smallest absolute Gasteiger partial charge is 0.163 e. The molecule has 1 aliphatic rings. The normalized spacial score (nSPS) is 14.1. The highest BCUT2D eigenvalue weighted by Crippen LogP contribution is 2.23. The lowest BCUT2D eigenvalue weighted by Crippen LogP contribution is -2.01. The third-order valence-corrected chi connectivity index (χ3v) is 2.90. The molecule has 16 heavy (non-hydrogen) atoms. The van der Waals surface area contributed by atoms with Crippen molar-refractivity contribution in [2.24, 2.45) is 0 Å². The Kier molecular flexibility index (Phi) is 2.06.